The number of nitrogens with zero attached hydrogens (tertiary/aromatic N) is 1. The number of fused-ring (bicyclic) bond motifs is 1. The number of hydrogen-bond donors (Lipinski definition) is 3. The highest BCUT2D eigenvalue weighted by molar-refractivity contribution is 5.93. The molecule has 0 aliphatic carbocycles. The number of carbonyl (C=O) groups excluding carboxylic acids is 2. The summed E-state index contributed by atoms with van der Waals surface area (Å²) in [4.78, 5) is 26.1. The minimum absolute atomic E-state index is 0.00862. The Labute approximate surface area is 174 Å². The van der Waals surface area contributed by atoms with E-state index in [9.17, 15) is 9.59 Å². The molecule has 2 aliphatic heterocycles. The van der Waals surface area contributed by atoms with Gasteiger partial charge >= 0.3 is 0 Å². The highest BCUT2D eigenvalue weighted by Crippen LogP contribution is 2.34. The number of likely N-dealkylation sites (tertiary alicyclic amines) is 1. The van der Waals surface area contributed by atoms with Crippen molar-refractivity contribution in [3.63, 3.8) is 0 Å². The van der Waals surface area contributed by atoms with Gasteiger partial charge in [0.15, 0.2) is 18.0 Å². The summed E-state index contributed by atoms with van der Waals surface area (Å²) < 4.78 is 10.6. The highest BCUT2D eigenvalue weighted by Gasteiger charge is 2.29. The fraction of sp³-hybridized carbons (Fsp3) is 0.318. The molecule has 2 aliphatic rings. The van der Waals surface area contributed by atoms with Crippen LogP contribution in [0.2, 0.25) is 0 Å². The Bertz CT molecular complexity index is 993. The van der Waals surface area contributed by atoms with Gasteiger partial charge in [0.2, 0.25) is 12.7 Å². The number of nitrogens with one attached hydrogen (secondary N) is 3. The van der Waals surface area contributed by atoms with Crippen molar-refractivity contribution in [2.45, 2.75) is 12.8 Å². The molecule has 2 aromatic rings. The van der Waals surface area contributed by atoms with Crippen LogP contribution in [-0.4, -0.2) is 38.2 Å². The summed E-state index contributed by atoms with van der Waals surface area (Å²) in [6.07, 6.45) is 1.45. The third kappa shape index (κ3) is 4.70. The lowest BCUT2D eigenvalue weighted by Crippen LogP contribution is -3.14. The lowest BCUT2D eigenvalue weighted by Gasteiger charge is -2.28. The molecule has 2 heterocycles. The van der Waals surface area contributed by atoms with Crippen molar-refractivity contribution in [2.75, 3.05) is 37.1 Å². The summed E-state index contributed by atoms with van der Waals surface area (Å²) in [5, 5.41) is 14.7. The summed E-state index contributed by atoms with van der Waals surface area (Å²) in [6.45, 7) is 2.05. The van der Waals surface area contributed by atoms with Crippen molar-refractivity contribution in [1.29, 1.82) is 5.26 Å². The summed E-state index contributed by atoms with van der Waals surface area (Å²) in [5.41, 5.74) is 1.82. The molecule has 0 atom stereocenters. The van der Waals surface area contributed by atoms with Crippen LogP contribution in [0.1, 0.15) is 18.4 Å². The number of ether oxygens (including phenoxy) is 2. The lowest BCUT2D eigenvalue weighted by molar-refractivity contribution is -0.897. The summed E-state index contributed by atoms with van der Waals surface area (Å²) in [5.74, 6) is 1.14. The molecule has 8 nitrogen and oxygen atoms in total. The maximum absolute atomic E-state index is 12.6. The normalized spacial score (nSPS) is 19.6. The molecule has 8 heteroatoms. The third-order valence-electron chi connectivity index (χ3n) is 5.39. The van der Waals surface area contributed by atoms with Crippen molar-refractivity contribution in [3.8, 4) is 17.6 Å². The van der Waals surface area contributed by atoms with Crippen LogP contribution < -0.4 is 25.0 Å². The Morgan fingerprint density at radius 3 is 2.60 bits per heavy atom. The monoisotopic (exact) mass is 407 g/mol. The molecule has 0 aromatic heterocycles. The molecule has 1 fully saturated rings. The predicted molar refractivity (Wildman–Crippen MR) is 109 cm³/mol. The molecule has 1 saturated heterocycles. The molecule has 0 saturated carbocycles. The topological polar surface area (TPSA) is 105 Å². The standard InChI is InChI=1S/C22H22N4O4/c23-12-15-2-1-3-17(10-15)24-21(27)13-26-8-6-16(7-9-26)22(28)25-18-4-5-19-20(11-18)30-14-29-19/h1-5,10-11,16H,6-9,13-14H2,(H,24,27)(H,25,28)/p+1. The minimum atomic E-state index is -0.0941. The molecule has 154 valence electrons. The molecular formula is C22H23N4O4+. The highest BCUT2D eigenvalue weighted by atomic mass is 16.7. The Balaban J connectivity index is 1.24. The first-order valence-corrected chi connectivity index (χ1v) is 9.95. The smallest absolute Gasteiger partial charge is 0.279 e. The van der Waals surface area contributed by atoms with Crippen molar-refractivity contribution in [2.24, 2.45) is 5.92 Å². The fourth-order valence-corrected chi connectivity index (χ4v) is 3.78. The van der Waals surface area contributed by atoms with Crippen LogP contribution in [0.15, 0.2) is 42.5 Å². The van der Waals surface area contributed by atoms with E-state index in [2.05, 4.69) is 16.7 Å². The number of nitriles is 1. The zero-order valence-electron chi connectivity index (χ0n) is 16.4. The first kappa shape index (κ1) is 19.7. The number of anilines is 2. The Hall–Kier alpha value is -3.57. The number of benzene rings is 2. The maximum Gasteiger partial charge on any atom is 0.279 e. The van der Waals surface area contributed by atoms with Crippen LogP contribution in [0, 0.1) is 17.2 Å². The summed E-state index contributed by atoms with van der Waals surface area (Å²) in [7, 11) is 0. The second kappa shape index (κ2) is 8.84. The first-order valence-electron chi connectivity index (χ1n) is 9.95. The van der Waals surface area contributed by atoms with Gasteiger partial charge < -0.3 is 25.0 Å². The van der Waals surface area contributed by atoms with Crippen molar-refractivity contribution < 1.29 is 24.0 Å². The second-order valence-corrected chi connectivity index (χ2v) is 7.50. The number of quaternary nitrogens is 1. The van der Waals surface area contributed by atoms with Gasteiger partial charge in [-0.15, -0.1) is 0 Å². The lowest BCUT2D eigenvalue weighted by atomic mass is 9.95. The van der Waals surface area contributed by atoms with E-state index in [4.69, 9.17) is 14.7 Å². The average Bonchev–Trinajstić information content (AvgIpc) is 3.22. The molecule has 0 radical (unpaired) electrons. The number of amides is 2. The Morgan fingerprint density at radius 2 is 1.80 bits per heavy atom. The summed E-state index contributed by atoms with van der Waals surface area (Å²) >= 11 is 0. The maximum atomic E-state index is 12.6. The molecule has 2 aromatic carbocycles. The third-order valence-corrected chi connectivity index (χ3v) is 5.39. The van der Waals surface area contributed by atoms with Gasteiger partial charge in [0.05, 0.1) is 24.7 Å². The van der Waals surface area contributed by atoms with Crippen LogP contribution in [0.25, 0.3) is 0 Å². The predicted octanol–water partition coefficient (Wildman–Crippen LogP) is 1.16. The van der Waals surface area contributed by atoms with Gasteiger partial charge in [-0.25, -0.2) is 0 Å². The number of hydrogen-bond acceptors (Lipinski definition) is 5. The van der Waals surface area contributed by atoms with Crippen LogP contribution in [0.5, 0.6) is 11.5 Å². The van der Waals surface area contributed by atoms with E-state index in [1.54, 1.807) is 42.5 Å². The van der Waals surface area contributed by atoms with Crippen LogP contribution in [0.4, 0.5) is 11.4 Å². The fourth-order valence-electron chi connectivity index (χ4n) is 3.78. The molecule has 30 heavy (non-hydrogen) atoms. The molecule has 0 bridgehead atoms. The first-order chi connectivity index (χ1) is 14.6. The second-order valence-electron chi connectivity index (χ2n) is 7.50. The molecule has 0 spiro atoms. The van der Waals surface area contributed by atoms with Gasteiger partial charge in [0, 0.05) is 36.2 Å². The molecular weight excluding hydrogens is 384 g/mol. The zero-order valence-corrected chi connectivity index (χ0v) is 16.4. The number of piperidine rings is 1. The molecule has 2 amide bonds. The quantitative estimate of drug-likeness (QED) is 0.690. The summed E-state index contributed by atoms with van der Waals surface area (Å²) in [6, 6.07) is 14.3. The van der Waals surface area contributed by atoms with E-state index in [0.29, 0.717) is 35.0 Å². The van der Waals surface area contributed by atoms with E-state index >= 15 is 0 Å². The molecule has 0 unspecified atom stereocenters. The van der Waals surface area contributed by atoms with Gasteiger partial charge in [-0.1, -0.05) is 6.07 Å². The van der Waals surface area contributed by atoms with Crippen molar-refractivity contribution in [3.05, 3.63) is 48.0 Å². The minimum Gasteiger partial charge on any atom is -0.454 e. The Kier molecular flexibility index (Phi) is 5.82. The van der Waals surface area contributed by atoms with Crippen molar-refractivity contribution >= 4 is 23.2 Å². The van der Waals surface area contributed by atoms with Gasteiger partial charge in [-0.05, 0) is 30.3 Å². The Morgan fingerprint density at radius 1 is 1.03 bits per heavy atom. The zero-order chi connectivity index (χ0) is 20.9. The van der Waals surface area contributed by atoms with Gasteiger partial charge in [0.25, 0.3) is 5.91 Å². The SMILES string of the molecule is N#Cc1cccc(NC(=O)C[NH+]2CCC(C(=O)Nc3ccc4c(c3)OCO4)CC2)c1. The van der Waals surface area contributed by atoms with Gasteiger partial charge in [-0.3, -0.25) is 9.59 Å². The van der Waals surface area contributed by atoms with E-state index in [0.717, 1.165) is 30.8 Å². The van der Waals surface area contributed by atoms with E-state index in [1.165, 1.54) is 0 Å². The van der Waals surface area contributed by atoms with Crippen LogP contribution >= 0.6 is 0 Å². The van der Waals surface area contributed by atoms with Gasteiger partial charge in [0.1, 0.15) is 0 Å². The van der Waals surface area contributed by atoms with E-state index in [-0.39, 0.29) is 24.5 Å². The van der Waals surface area contributed by atoms with Crippen molar-refractivity contribution in [1.82, 2.24) is 0 Å². The van der Waals surface area contributed by atoms with Crippen LogP contribution in [-0.2, 0) is 9.59 Å². The number of carbonyl (C=O) groups is 2. The molecule has 3 N–H and O–H groups in total. The van der Waals surface area contributed by atoms with Crippen LogP contribution in [0.3, 0.4) is 0 Å². The van der Waals surface area contributed by atoms with E-state index < -0.39 is 0 Å². The molecule has 4 rings (SSSR count). The average molecular weight is 407 g/mol. The number of rotatable bonds is 5. The van der Waals surface area contributed by atoms with E-state index in [1.807, 2.05) is 0 Å². The van der Waals surface area contributed by atoms with Gasteiger partial charge in [-0.2, -0.15) is 5.26 Å². The largest absolute Gasteiger partial charge is 0.454 e.